The van der Waals surface area contributed by atoms with Gasteiger partial charge in [0.05, 0.1) is 11.2 Å². The molecule has 2 aromatic rings. The van der Waals surface area contributed by atoms with E-state index in [2.05, 4.69) is 30.9 Å². The van der Waals surface area contributed by atoms with Crippen molar-refractivity contribution in [2.24, 2.45) is 0 Å². The Morgan fingerprint density at radius 3 is 3.13 bits per heavy atom. The molecule has 2 heterocycles. The third kappa shape index (κ3) is 3.41. The molecule has 2 N–H and O–H groups in total. The van der Waals surface area contributed by atoms with Gasteiger partial charge in [0.1, 0.15) is 12.2 Å². The van der Waals surface area contributed by atoms with Gasteiger partial charge in [0.25, 0.3) is 0 Å². The van der Waals surface area contributed by atoms with Crippen LogP contribution < -0.4 is 5.32 Å². The maximum atomic E-state index is 4.19. The van der Waals surface area contributed by atoms with Crippen LogP contribution in [-0.2, 0) is 13.0 Å². The van der Waals surface area contributed by atoms with E-state index in [1.165, 1.54) is 6.33 Å². The summed E-state index contributed by atoms with van der Waals surface area (Å²) in [7, 11) is 0. The molecule has 0 bridgehead atoms. The summed E-state index contributed by atoms with van der Waals surface area (Å²) in [5.74, 6) is 0.949. The molecule has 0 atom stereocenters. The molecule has 5 nitrogen and oxygen atoms in total. The Morgan fingerprint density at radius 1 is 1.40 bits per heavy atom. The van der Waals surface area contributed by atoms with Gasteiger partial charge in [-0.1, -0.05) is 0 Å². The molecule has 80 valence electrons. The van der Waals surface area contributed by atoms with Crippen molar-refractivity contribution in [3.8, 4) is 0 Å². The van der Waals surface area contributed by atoms with Crippen molar-refractivity contribution in [3.05, 3.63) is 28.7 Å². The standard InChI is InChI=1S/C9H13N5S/c1(2-9-11-6-13-14-9)3-10-4-8-5-15-7-12-8/h5-7,10H,1-4H2,(H,11,13,14). The molecule has 15 heavy (non-hydrogen) atoms. The summed E-state index contributed by atoms with van der Waals surface area (Å²) in [6.07, 6.45) is 3.53. The quantitative estimate of drug-likeness (QED) is 0.716. The van der Waals surface area contributed by atoms with Crippen molar-refractivity contribution in [3.63, 3.8) is 0 Å². The van der Waals surface area contributed by atoms with Crippen LogP contribution in [0.2, 0.25) is 0 Å². The van der Waals surface area contributed by atoms with Gasteiger partial charge in [0.15, 0.2) is 0 Å². The van der Waals surface area contributed by atoms with E-state index in [9.17, 15) is 0 Å². The van der Waals surface area contributed by atoms with Crippen LogP contribution in [0.15, 0.2) is 17.2 Å². The maximum Gasteiger partial charge on any atom is 0.137 e. The molecule has 0 aliphatic rings. The molecule has 0 spiro atoms. The van der Waals surface area contributed by atoms with Gasteiger partial charge in [-0.05, 0) is 13.0 Å². The van der Waals surface area contributed by atoms with E-state index in [4.69, 9.17) is 0 Å². The molecule has 0 saturated heterocycles. The molecule has 6 heteroatoms. The summed E-state index contributed by atoms with van der Waals surface area (Å²) < 4.78 is 0. The lowest BCUT2D eigenvalue weighted by atomic mass is 10.3. The molecule has 0 aliphatic carbocycles. The fraction of sp³-hybridized carbons (Fsp3) is 0.444. The number of rotatable bonds is 6. The first kappa shape index (κ1) is 10.3. The minimum atomic E-state index is 0.847. The Bertz CT molecular complexity index is 320. The van der Waals surface area contributed by atoms with E-state index < -0.39 is 0 Å². The van der Waals surface area contributed by atoms with Crippen LogP contribution in [0.1, 0.15) is 17.9 Å². The highest BCUT2D eigenvalue weighted by atomic mass is 32.1. The van der Waals surface area contributed by atoms with Crippen LogP contribution in [0, 0.1) is 0 Å². The number of thiazole rings is 1. The zero-order valence-corrected chi connectivity index (χ0v) is 9.13. The number of nitrogens with one attached hydrogen (secondary N) is 2. The second-order valence-electron chi connectivity index (χ2n) is 3.19. The van der Waals surface area contributed by atoms with Crippen LogP contribution >= 0.6 is 11.3 Å². The Hall–Kier alpha value is -1.27. The Morgan fingerprint density at radius 2 is 2.40 bits per heavy atom. The zero-order chi connectivity index (χ0) is 10.3. The van der Waals surface area contributed by atoms with Gasteiger partial charge < -0.3 is 5.32 Å². The maximum absolute atomic E-state index is 4.19. The Labute approximate surface area is 92.0 Å². The fourth-order valence-electron chi connectivity index (χ4n) is 1.27. The first-order valence-corrected chi connectivity index (χ1v) is 5.81. The van der Waals surface area contributed by atoms with Gasteiger partial charge >= 0.3 is 0 Å². The largest absolute Gasteiger partial charge is 0.311 e. The Kier molecular flexibility index (Phi) is 3.81. The number of aromatic nitrogens is 4. The highest BCUT2D eigenvalue weighted by molar-refractivity contribution is 7.07. The minimum absolute atomic E-state index is 0.847. The third-order valence-electron chi connectivity index (χ3n) is 2.02. The molecular weight excluding hydrogens is 210 g/mol. The van der Waals surface area contributed by atoms with E-state index in [-0.39, 0.29) is 0 Å². The number of nitrogens with zero attached hydrogens (tertiary/aromatic N) is 3. The second kappa shape index (κ2) is 5.57. The molecule has 0 aliphatic heterocycles. The summed E-state index contributed by atoms with van der Waals surface area (Å²) in [5.41, 5.74) is 2.96. The third-order valence-corrected chi connectivity index (χ3v) is 2.66. The highest BCUT2D eigenvalue weighted by Crippen LogP contribution is 1.99. The average molecular weight is 223 g/mol. The molecular formula is C9H13N5S. The monoisotopic (exact) mass is 223 g/mol. The summed E-state index contributed by atoms with van der Waals surface area (Å²) in [6, 6.07) is 0. The lowest BCUT2D eigenvalue weighted by Crippen LogP contribution is -2.15. The molecule has 0 saturated carbocycles. The predicted octanol–water partition coefficient (Wildman–Crippen LogP) is 0.984. The van der Waals surface area contributed by atoms with Crippen molar-refractivity contribution in [1.29, 1.82) is 0 Å². The minimum Gasteiger partial charge on any atom is -0.311 e. The summed E-state index contributed by atoms with van der Waals surface area (Å²) in [6.45, 7) is 1.82. The van der Waals surface area contributed by atoms with E-state index in [0.29, 0.717) is 0 Å². The van der Waals surface area contributed by atoms with Crippen LogP contribution in [0.5, 0.6) is 0 Å². The number of aryl methyl sites for hydroxylation is 1. The molecule has 0 aromatic carbocycles. The fourth-order valence-corrected chi connectivity index (χ4v) is 1.83. The number of hydrogen-bond donors (Lipinski definition) is 2. The zero-order valence-electron chi connectivity index (χ0n) is 8.31. The van der Waals surface area contributed by atoms with Crippen molar-refractivity contribution in [2.45, 2.75) is 19.4 Å². The van der Waals surface area contributed by atoms with Crippen LogP contribution in [-0.4, -0.2) is 26.7 Å². The average Bonchev–Trinajstić information content (AvgIpc) is 2.88. The second-order valence-corrected chi connectivity index (χ2v) is 3.91. The van der Waals surface area contributed by atoms with Crippen LogP contribution in [0.25, 0.3) is 0 Å². The van der Waals surface area contributed by atoms with Gasteiger partial charge in [-0.25, -0.2) is 9.97 Å². The number of hydrogen-bond acceptors (Lipinski definition) is 5. The topological polar surface area (TPSA) is 66.5 Å². The van der Waals surface area contributed by atoms with Crippen LogP contribution in [0.4, 0.5) is 0 Å². The van der Waals surface area contributed by atoms with Gasteiger partial charge in [-0.2, -0.15) is 5.10 Å². The molecule has 2 aromatic heterocycles. The predicted molar refractivity (Wildman–Crippen MR) is 58.5 cm³/mol. The summed E-state index contributed by atoms with van der Waals surface area (Å²) in [5, 5.41) is 12.0. The van der Waals surface area contributed by atoms with Gasteiger partial charge in [-0.3, -0.25) is 5.10 Å². The van der Waals surface area contributed by atoms with Crippen molar-refractivity contribution < 1.29 is 0 Å². The van der Waals surface area contributed by atoms with Crippen LogP contribution in [0.3, 0.4) is 0 Å². The lowest BCUT2D eigenvalue weighted by molar-refractivity contribution is 0.633. The molecule has 0 unspecified atom stereocenters. The molecule has 0 fully saturated rings. The number of aromatic amines is 1. The highest BCUT2D eigenvalue weighted by Gasteiger charge is 1.96. The Balaban J connectivity index is 1.56. The summed E-state index contributed by atoms with van der Waals surface area (Å²) in [4.78, 5) is 8.25. The first-order chi connectivity index (χ1) is 7.45. The molecule has 0 radical (unpaired) electrons. The van der Waals surface area contributed by atoms with Crippen molar-refractivity contribution >= 4 is 11.3 Å². The first-order valence-electron chi connectivity index (χ1n) is 4.87. The van der Waals surface area contributed by atoms with Crippen molar-refractivity contribution in [1.82, 2.24) is 25.5 Å². The smallest absolute Gasteiger partial charge is 0.137 e. The SMILES string of the molecule is c1n[nH]c(CCCNCc2cscn2)n1. The van der Waals surface area contributed by atoms with Gasteiger partial charge in [-0.15, -0.1) is 11.3 Å². The number of H-pyrrole nitrogens is 1. The summed E-state index contributed by atoms with van der Waals surface area (Å²) >= 11 is 1.63. The van der Waals surface area contributed by atoms with E-state index in [1.807, 2.05) is 5.51 Å². The van der Waals surface area contributed by atoms with Gasteiger partial charge in [0.2, 0.25) is 0 Å². The van der Waals surface area contributed by atoms with E-state index >= 15 is 0 Å². The lowest BCUT2D eigenvalue weighted by Gasteiger charge is -2.00. The molecule has 0 amide bonds. The van der Waals surface area contributed by atoms with Gasteiger partial charge in [0, 0.05) is 18.3 Å². The molecule has 2 rings (SSSR count). The van der Waals surface area contributed by atoms with Crippen molar-refractivity contribution in [2.75, 3.05) is 6.54 Å². The normalized spacial score (nSPS) is 10.7. The van der Waals surface area contributed by atoms with E-state index in [1.54, 1.807) is 11.3 Å². The van der Waals surface area contributed by atoms with E-state index in [0.717, 1.165) is 37.4 Å².